The van der Waals surface area contributed by atoms with Crippen LogP contribution in [-0.2, 0) is 37.5 Å². The summed E-state index contributed by atoms with van der Waals surface area (Å²) in [6.45, 7) is 3.73. The molecule has 0 aromatic carbocycles. The molecule has 0 aromatic heterocycles. The Bertz CT molecular complexity index is 1520. The summed E-state index contributed by atoms with van der Waals surface area (Å²) in [5, 5.41) is 19.5. The average molecular weight is 968 g/mol. The van der Waals surface area contributed by atoms with Crippen LogP contribution < -0.4 is 5.73 Å². The van der Waals surface area contributed by atoms with Crippen molar-refractivity contribution in [3.63, 3.8) is 0 Å². The van der Waals surface area contributed by atoms with Gasteiger partial charge in [0, 0.05) is 23.8 Å². The van der Waals surface area contributed by atoms with Crippen LogP contribution >= 0.6 is 19.6 Å². The third-order valence-electron chi connectivity index (χ3n) is 9.89. The maximum absolute atomic E-state index is 13.1. The van der Waals surface area contributed by atoms with Gasteiger partial charge in [0.15, 0.2) is 6.10 Å². The van der Waals surface area contributed by atoms with Crippen LogP contribution in [0.25, 0.3) is 0 Å². The van der Waals surface area contributed by atoms with Gasteiger partial charge in [0.2, 0.25) is 0 Å². The number of aliphatic carboxylic acids is 1. The molecule has 0 spiro atoms. The van der Waals surface area contributed by atoms with E-state index in [-0.39, 0.29) is 38.0 Å². The summed E-state index contributed by atoms with van der Waals surface area (Å²) < 4.78 is 34.3. The summed E-state index contributed by atoms with van der Waals surface area (Å²) in [6.07, 6.45) is 44.0. The number of quaternary nitrogens is 1. The van der Waals surface area contributed by atoms with Crippen molar-refractivity contribution in [1.82, 2.24) is 0 Å². The van der Waals surface area contributed by atoms with Crippen molar-refractivity contribution >= 4 is 37.5 Å². The van der Waals surface area contributed by atoms with Crippen LogP contribution in [0.4, 0.5) is 0 Å². The molecular weight excluding hydrogens is 880 g/mol. The Balaban J connectivity index is 5.28. The molecule has 1 unspecified atom stereocenters. The van der Waals surface area contributed by atoms with Gasteiger partial charge in [-0.3, -0.25) is 23.4 Å². The predicted molar refractivity (Wildman–Crippen MR) is 271 cm³/mol. The maximum atomic E-state index is 13.1. The third-order valence-corrected chi connectivity index (χ3v) is 12.3. The molecule has 66 heavy (non-hydrogen) atoms. The number of unbranched alkanes of at least 4 members (excludes halogenated alkanes) is 10. The van der Waals surface area contributed by atoms with Gasteiger partial charge in [-0.25, -0.2) is 4.57 Å². The smallest absolute Gasteiger partial charge is 0.472 e. The molecule has 0 radical (unpaired) electrons. The molecular formula is C51H88N2O11PS+. The number of rotatable bonds is 43. The molecule has 0 bridgehead atoms. The number of hydrogen-bond acceptors (Lipinski definition) is 11. The Kier molecular flexibility index (Phi) is 40.1. The standard InChI is InChI=1S/C51H87N2O11PS/c1-6-8-10-12-14-16-18-20-21-22-23-24-26-28-30-32-34-39-50(57)64-45(43-63-65(59,60)62-41-40-53(3,4)5)42-61-51(58)46(52)44-66-48(47(54)36-35-38-49(55)56)37-33-31-29-27-25-19-17-15-13-11-9-7-2/h15,17,20-21,23-25,27-31,33,37,45-48,54H,6-14,16,18-19,22,26,32,34-36,38-44,52H2,1-5H3,(H-,55,56,59,60)/p+1/b17-15-,21-20-,24-23-,27-25-,30-28-,31-29+,37-33+/t45-,46+,47+,48-/m1/s1. The van der Waals surface area contributed by atoms with Gasteiger partial charge < -0.3 is 34.8 Å². The van der Waals surface area contributed by atoms with Crippen molar-refractivity contribution in [3.8, 4) is 0 Å². The number of nitrogens with zero attached hydrogens (tertiary/aromatic N) is 1. The van der Waals surface area contributed by atoms with Gasteiger partial charge in [-0.2, -0.15) is 0 Å². The fourth-order valence-corrected chi connectivity index (χ4v) is 7.81. The summed E-state index contributed by atoms with van der Waals surface area (Å²) in [5.74, 6) is -2.31. The number of thioether (sulfide) groups is 1. The number of carbonyl (C=O) groups is 3. The molecule has 0 aliphatic rings. The van der Waals surface area contributed by atoms with E-state index in [9.17, 15) is 28.9 Å². The van der Waals surface area contributed by atoms with Crippen molar-refractivity contribution < 1.29 is 57.1 Å². The zero-order valence-electron chi connectivity index (χ0n) is 41.1. The van der Waals surface area contributed by atoms with Crippen LogP contribution in [0.5, 0.6) is 0 Å². The molecule has 0 aliphatic carbocycles. The van der Waals surface area contributed by atoms with Gasteiger partial charge in [-0.1, -0.05) is 144 Å². The normalized spacial score (nSPS) is 15.5. The summed E-state index contributed by atoms with van der Waals surface area (Å²) in [6, 6.07) is -1.14. The number of phosphoric acid groups is 1. The maximum Gasteiger partial charge on any atom is 0.472 e. The average Bonchev–Trinajstić information content (AvgIpc) is 3.26. The number of aliphatic hydroxyl groups is 1. The number of hydrogen-bond donors (Lipinski definition) is 4. The lowest BCUT2D eigenvalue weighted by Crippen LogP contribution is -2.39. The fraction of sp³-hybridized carbons (Fsp3) is 0.667. The highest BCUT2D eigenvalue weighted by molar-refractivity contribution is 8.00. The van der Waals surface area contributed by atoms with Crippen LogP contribution in [0.2, 0.25) is 0 Å². The largest absolute Gasteiger partial charge is 0.481 e. The number of carboxylic acids is 1. The van der Waals surface area contributed by atoms with Gasteiger partial charge in [0.05, 0.1) is 33.9 Å². The van der Waals surface area contributed by atoms with E-state index in [1.54, 1.807) is 12.2 Å². The Hall–Kier alpha value is -3.07. The Morgan fingerprint density at radius 2 is 1.26 bits per heavy atom. The molecule has 0 heterocycles. The SMILES string of the molecule is CCCCC/C=C\C\C=C/C=C/C=C/[C@@H](SC[C@H](N)C(=O)OC[C@H](COP(=O)(O)OCC[N+](C)(C)C)OC(=O)CCC/C=C\C/C=C\C/C=C\CCCCCCCC)[C@@H](O)CCCC(=O)O. The highest BCUT2D eigenvalue weighted by Crippen LogP contribution is 2.43. The van der Waals surface area contributed by atoms with Crippen molar-refractivity contribution in [3.05, 3.63) is 85.1 Å². The van der Waals surface area contributed by atoms with Crippen molar-refractivity contribution in [2.75, 3.05) is 53.3 Å². The lowest BCUT2D eigenvalue weighted by molar-refractivity contribution is -0.870. The summed E-state index contributed by atoms with van der Waals surface area (Å²) in [4.78, 5) is 47.3. The molecule has 378 valence electrons. The van der Waals surface area contributed by atoms with Crippen LogP contribution in [0.3, 0.4) is 0 Å². The Morgan fingerprint density at radius 3 is 1.89 bits per heavy atom. The van der Waals surface area contributed by atoms with Crippen LogP contribution in [0.15, 0.2) is 85.1 Å². The number of ether oxygens (including phenoxy) is 2. The summed E-state index contributed by atoms with van der Waals surface area (Å²) in [5.41, 5.74) is 6.21. The van der Waals surface area contributed by atoms with E-state index in [1.165, 1.54) is 69.5 Å². The molecule has 0 amide bonds. The zero-order valence-corrected chi connectivity index (χ0v) is 42.8. The molecule has 5 N–H and O–H groups in total. The minimum Gasteiger partial charge on any atom is -0.481 e. The summed E-state index contributed by atoms with van der Waals surface area (Å²) in [7, 11) is 1.17. The lowest BCUT2D eigenvalue weighted by Gasteiger charge is -2.24. The minimum atomic E-state index is -4.53. The zero-order chi connectivity index (χ0) is 49.2. The molecule has 0 fully saturated rings. The van der Waals surface area contributed by atoms with Gasteiger partial charge in [-0.15, -0.1) is 11.8 Å². The molecule has 0 aromatic rings. The highest BCUT2D eigenvalue weighted by Gasteiger charge is 2.28. The van der Waals surface area contributed by atoms with Crippen LogP contribution in [0, 0.1) is 0 Å². The number of carbonyl (C=O) groups excluding carboxylic acids is 2. The second kappa shape index (κ2) is 42.1. The van der Waals surface area contributed by atoms with E-state index in [0.717, 1.165) is 32.1 Å². The van der Waals surface area contributed by atoms with E-state index < -0.39 is 62.4 Å². The first-order valence-corrected chi connectivity index (χ1v) is 26.8. The molecule has 13 nitrogen and oxygen atoms in total. The Morgan fingerprint density at radius 1 is 0.697 bits per heavy atom. The molecule has 0 saturated carbocycles. The molecule has 0 rings (SSSR count). The van der Waals surface area contributed by atoms with Gasteiger partial charge in [-0.05, 0) is 70.6 Å². The summed E-state index contributed by atoms with van der Waals surface area (Å²) >= 11 is 1.22. The van der Waals surface area contributed by atoms with Gasteiger partial charge in [0.1, 0.15) is 25.8 Å². The number of allylic oxidation sites excluding steroid dienone is 13. The van der Waals surface area contributed by atoms with E-state index >= 15 is 0 Å². The topological polar surface area (TPSA) is 192 Å². The number of phosphoric ester groups is 1. The second-order valence-electron chi connectivity index (χ2n) is 17.3. The second-order valence-corrected chi connectivity index (χ2v) is 20.0. The number of aliphatic hydroxyl groups excluding tert-OH is 1. The first kappa shape index (κ1) is 62.9. The molecule has 15 heteroatoms. The highest BCUT2D eigenvalue weighted by atomic mass is 32.2. The number of carboxylic acid groups (broad SMARTS) is 1. The van der Waals surface area contributed by atoms with Crippen molar-refractivity contribution in [2.45, 2.75) is 166 Å². The molecule has 0 saturated heterocycles. The lowest BCUT2D eigenvalue weighted by atomic mass is 10.1. The number of nitrogens with two attached hydrogens (primary N) is 1. The first-order chi connectivity index (χ1) is 31.6. The predicted octanol–water partition coefficient (Wildman–Crippen LogP) is 10.9. The molecule has 0 aliphatic heterocycles. The van der Waals surface area contributed by atoms with Crippen molar-refractivity contribution in [1.29, 1.82) is 0 Å². The fourth-order valence-electron chi connectivity index (χ4n) is 5.94. The first-order valence-electron chi connectivity index (χ1n) is 24.3. The van der Waals surface area contributed by atoms with Gasteiger partial charge >= 0.3 is 25.7 Å². The van der Waals surface area contributed by atoms with E-state index in [1.807, 2.05) is 57.6 Å². The third kappa shape index (κ3) is 42.3. The van der Waals surface area contributed by atoms with Crippen LogP contribution in [0.1, 0.15) is 142 Å². The quantitative estimate of drug-likeness (QED) is 0.0113. The minimum absolute atomic E-state index is 0.0463. The van der Waals surface area contributed by atoms with Crippen molar-refractivity contribution in [2.24, 2.45) is 5.73 Å². The Labute approximate surface area is 402 Å². The molecule has 5 atom stereocenters. The van der Waals surface area contributed by atoms with E-state index in [0.29, 0.717) is 23.9 Å². The van der Waals surface area contributed by atoms with Crippen LogP contribution in [-0.4, -0.2) is 114 Å². The van der Waals surface area contributed by atoms with Gasteiger partial charge in [0.25, 0.3) is 0 Å². The number of likely N-dealkylation sites (N-methyl/N-ethyl adjacent to an activating group) is 1. The monoisotopic (exact) mass is 968 g/mol. The van der Waals surface area contributed by atoms with E-state index in [2.05, 4.69) is 50.3 Å². The van der Waals surface area contributed by atoms with E-state index in [4.69, 9.17) is 29.4 Å². The number of esters is 2.